The maximum absolute atomic E-state index is 12.9. The van der Waals surface area contributed by atoms with Gasteiger partial charge in [-0.1, -0.05) is 19.8 Å². The second-order valence-electron chi connectivity index (χ2n) is 6.69. The minimum absolute atomic E-state index is 0.0466. The molecule has 7 nitrogen and oxygen atoms in total. The predicted octanol–water partition coefficient (Wildman–Crippen LogP) is 2.29. The highest BCUT2D eigenvalue weighted by Gasteiger charge is 2.31. The first-order valence-electron chi connectivity index (χ1n) is 8.96. The highest BCUT2D eigenvalue weighted by molar-refractivity contribution is 5.96. The topological polar surface area (TPSA) is 79.8 Å². The maximum atomic E-state index is 12.9. The van der Waals surface area contributed by atoms with E-state index >= 15 is 0 Å². The Hall–Kier alpha value is -1.89. The van der Waals surface area contributed by atoms with E-state index in [1.165, 1.54) is 12.8 Å². The van der Waals surface area contributed by atoms with E-state index in [0.29, 0.717) is 43.2 Å². The molecule has 1 saturated carbocycles. The third kappa shape index (κ3) is 2.81. The van der Waals surface area contributed by atoms with Crippen molar-refractivity contribution in [1.82, 2.24) is 14.9 Å². The Labute approximate surface area is 141 Å². The van der Waals surface area contributed by atoms with Gasteiger partial charge in [0.25, 0.3) is 5.56 Å². The van der Waals surface area contributed by atoms with Crippen LogP contribution < -0.4 is 15.6 Å². The van der Waals surface area contributed by atoms with Crippen molar-refractivity contribution in [1.29, 1.82) is 0 Å². The van der Waals surface area contributed by atoms with Gasteiger partial charge < -0.3 is 9.47 Å². The van der Waals surface area contributed by atoms with Crippen LogP contribution in [0.25, 0.3) is 0 Å². The molecule has 1 radical (unpaired) electrons. The molecule has 1 aromatic rings. The SMILES string of the molecule is CCCn1c(O[C@H]2CCOC2)nc2c(c1=O)[N]C(C1CCCC1)=N2. The second-order valence-corrected chi connectivity index (χ2v) is 6.69. The molecule has 1 aromatic heterocycles. The number of amidine groups is 1. The van der Waals surface area contributed by atoms with Crippen LogP contribution in [-0.2, 0) is 11.3 Å². The zero-order valence-corrected chi connectivity index (χ0v) is 14.0. The Morgan fingerprint density at radius 3 is 2.83 bits per heavy atom. The Morgan fingerprint density at radius 1 is 1.29 bits per heavy atom. The highest BCUT2D eigenvalue weighted by atomic mass is 16.6. The summed E-state index contributed by atoms with van der Waals surface area (Å²) >= 11 is 0. The smallest absolute Gasteiger partial charge is 0.301 e. The van der Waals surface area contributed by atoms with Gasteiger partial charge in [0.05, 0.1) is 13.2 Å². The van der Waals surface area contributed by atoms with E-state index in [1.54, 1.807) is 4.57 Å². The Bertz CT molecular complexity index is 701. The second kappa shape index (κ2) is 6.55. The lowest BCUT2D eigenvalue weighted by molar-refractivity contribution is 0.129. The molecule has 2 aliphatic heterocycles. The van der Waals surface area contributed by atoms with E-state index in [2.05, 4.69) is 15.3 Å². The number of aromatic nitrogens is 2. The number of hydrogen-bond acceptors (Lipinski definition) is 5. The maximum Gasteiger partial charge on any atom is 0.301 e. The zero-order chi connectivity index (χ0) is 16.5. The van der Waals surface area contributed by atoms with Crippen molar-refractivity contribution in [3.8, 4) is 6.01 Å². The molecule has 0 aromatic carbocycles. The predicted molar refractivity (Wildman–Crippen MR) is 89.5 cm³/mol. The average molecular weight is 331 g/mol. The van der Waals surface area contributed by atoms with Gasteiger partial charge in [-0.2, -0.15) is 4.98 Å². The van der Waals surface area contributed by atoms with Crippen molar-refractivity contribution in [3.63, 3.8) is 0 Å². The normalized spacial score (nSPS) is 23.2. The molecule has 24 heavy (non-hydrogen) atoms. The summed E-state index contributed by atoms with van der Waals surface area (Å²) in [5, 5.41) is 4.52. The van der Waals surface area contributed by atoms with Crippen LogP contribution in [0, 0.1) is 5.92 Å². The van der Waals surface area contributed by atoms with Crippen molar-refractivity contribution in [2.24, 2.45) is 10.9 Å². The van der Waals surface area contributed by atoms with Gasteiger partial charge in [0.2, 0.25) is 0 Å². The van der Waals surface area contributed by atoms with Crippen molar-refractivity contribution in [2.75, 3.05) is 13.2 Å². The number of nitrogens with zero attached hydrogens (tertiary/aromatic N) is 4. The van der Waals surface area contributed by atoms with Crippen molar-refractivity contribution < 1.29 is 9.47 Å². The molecule has 1 aliphatic carbocycles. The van der Waals surface area contributed by atoms with Gasteiger partial charge in [0.1, 0.15) is 11.9 Å². The van der Waals surface area contributed by atoms with E-state index in [1.807, 2.05) is 6.92 Å². The molecular weight excluding hydrogens is 308 g/mol. The first kappa shape index (κ1) is 15.6. The van der Waals surface area contributed by atoms with Crippen LogP contribution in [0.15, 0.2) is 9.79 Å². The van der Waals surface area contributed by atoms with Crippen LogP contribution in [-0.4, -0.2) is 34.7 Å². The van der Waals surface area contributed by atoms with E-state index in [-0.39, 0.29) is 11.7 Å². The molecule has 0 unspecified atom stereocenters. The fourth-order valence-electron chi connectivity index (χ4n) is 3.57. The molecule has 0 amide bonds. The molecule has 0 bridgehead atoms. The fourth-order valence-corrected chi connectivity index (χ4v) is 3.57. The summed E-state index contributed by atoms with van der Waals surface area (Å²) in [6.45, 7) is 3.82. The summed E-state index contributed by atoms with van der Waals surface area (Å²) in [6.07, 6.45) is 6.21. The van der Waals surface area contributed by atoms with E-state index in [9.17, 15) is 4.79 Å². The molecule has 129 valence electrons. The van der Waals surface area contributed by atoms with Crippen LogP contribution in [0.4, 0.5) is 11.5 Å². The number of hydrogen-bond donors (Lipinski definition) is 0. The molecule has 4 rings (SSSR count). The summed E-state index contributed by atoms with van der Waals surface area (Å²) in [5.41, 5.74) is 0.230. The standard InChI is InChI=1S/C17H23N4O3/c1-2-8-21-16(22)13-15(19-14(18-13)11-5-3-4-6-11)20-17(21)24-12-7-9-23-10-12/h11-12H,2-10H2,1H3/t12-/m0/s1. The molecule has 0 spiro atoms. The molecule has 1 saturated heterocycles. The number of aliphatic imine (C=N–C) groups is 1. The Balaban J connectivity index is 1.66. The monoisotopic (exact) mass is 331 g/mol. The van der Waals surface area contributed by atoms with E-state index < -0.39 is 0 Å². The van der Waals surface area contributed by atoms with E-state index in [4.69, 9.17) is 9.47 Å². The van der Waals surface area contributed by atoms with Crippen LogP contribution in [0.5, 0.6) is 6.01 Å². The zero-order valence-electron chi connectivity index (χ0n) is 14.0. The van der Waals surface area contributed by atoms with E-state index in [0.717, 1.165) is 31.5 Å². The number of ether oxygens (including phenoxy) is 2. The number of fused-ring (bicyclic) bond motifs is 1. The first-order valence-corrected chi connectivity index (χ1v) is 8.96. The lowest BCUT2D eigenvalue weighted by Gasteiger charge is -2.16. The lowest BCUT2D eigenvalue weighted by atomic mass is 10.1. The van der Waals surface area contributed by atoms with Crippen molar-refractivity contribution in [3.05, 3.63) is 10.4 Å². The largest absolute Gasteiger partial charge is 0.459 e. The molecule has 3 aliphatic rings. The Morgan fingerprint density at radius 2 is 2.12 bits per heavy atom. The van der Waals surface area contributed by atoms with Crippen LogP contribution >= 0.6 is 0 Å². The van der Waals surface area contributed by atoms with Crippen molar-refractivity contribution >= 4 is 17.3 Å². The lowest BCUT2D eigenvalue weighted by Crippen LogP contribution is -2.29. The Kier molecular flexibility index (Phi) is 4.26. The quantitative estimate of drug-likeness (QED) is 0.829. The molecule has 3 heterocycles. The summed E-state index contributed by atoms with van der Waals surface area (Å²) in [4.78, 5) is 21.9. The van der Waals surface area contributed by atoms with Gasteiger partial charge in [-0.05, 0) is 19.3 Å². The molecule has 1 atom stereocenters. The van der Waals surface area contributed by atoms with Gasteiger partial charge in [-0.25, -0.2) is 10.3 Å². The van der Waals surface area contributed by atoms with Crippen LogP contribution in [0.2, 0.25) is 0 Å². The minimum atomic E-state index is -0.146. The summed E-state index contributed by atoms with van der Waals surface area (Å²) in [6, 6.07) is 0.350. The van der Waals surface area contributed by atoms with Gasteiger partial charge in [-0.15, -0.1) is 0 Å². The fraction of sp³-hybridized carbons (Fsp3) is 0.706. The average Bonchev–Trinajstić information content (AvgIpc) is 3.30. The molecular formula is C17H23N4O3. The molecule has 0 N–H and O–H groups in total. The van der Waals surface area contributed by atoms with Gasteiger partial charge in [-0.3, -0.25) is 9.36 Å². The van der Waals surface area contributed by atoms with Crippen LogP contribution in [0.3, 0.4) is 0 Å². The summed E-state index contributed by atoms with van der Waals surface area (Å²) < 4.78 is 12.9. The van der Waals surface area contributed by atoms with Gasteiger partial charge >= 0.3 is 6.01 Å². The summed E-state index contributed by atoms with van der Waals surface area (Å²) in [7, 11) is 0. The molecule has 2 fully saturated rings. The minimum Gasteiger partial charge on any atom is -0.459 e. The first-order chi connectivity index (χ1) is 11.8. The molecule has 7 heteroatoms. The third-order valence-corrected chi connectivity index (χ3v) is 4.87. The number of rotatable bonds is 5. The highest BCUT2D eigenvalue weighted by Crippen LogP contribution is 2.34. The summed E-state index contributed by atoms with van der Waals surface area (Å²) in [5.74, 6) is 1.56. The van der Waals surface area contributed by atoms with Crippen LogP contribution in [0.1, 0.15) is 45.4 Å². The van der Waals surface area contributed by atoms with Crippen molar-refractivity contribution in [2.45, 2.75) is 58.1 Å². The third-order valence-electron chi connectivity index (χ3n) is 4.87. The van der Waals surface area contributed by atoms with Gasteiger partial charge in [0.15, 0.2) is 11.5 Å². The van der Waals surface area contributed by atoms with Gasteiger partial charge in [0, 0.05) is 18.9 Å².